The van der Waals surface area contributed by atoms with E-state index in [0.717, 1.165) is 7.11 Å². The van der Waals surface area contributed by atoms with Gasteiger partial charge in [-0.2, -0.15) is 13.2 Å². The molecule has 128 valence electrons. The lowest BCUT2D eigenvalue weighted by Crippen LogP contribution is -2.69. The number of aromatic amines is 1. The van der Waals surface area contributed by atoms with Crippen molar-refractivity contribution in [3.05, 3.63) is 24.4 Å². The number of anilines is 1. The van der Waals surface area contributed by atoms with Crippen molar-refractivity contribution >= 4 is 17.7 Å². The van der Waals surface area contributed by atoms with Gasteiger partial charge in [0.25, 0.3) is 5.82 Å². The summed E-state index contributed by atoms with van der Waals surface area (Å²) in [5.41, 5.74) is -3.38. The fourth-order valence-corrected chi connectivity index (χ4v) is 1.85. The molecule has 1 atom stereocenters. The quantitative estimate of drug-likeness (QED) is 0.610. The van der Waals surface area contributed by atoms with E-state index < -0.39 is 23.7 Å². The van der Waals surface area contributed by atoms with Crippen molar-refractivity contribution in [3.8, 4) is 0 Å². The van der Waals surface area contributed by atoms with Crippen LogP contribution < -0.4 is 15.6 Å². The minimum absolute atomic E-state index is 0.111. The van der Waals surface area contributed by atoms with Crippen molar-refractivity contribution < 1.29 is 32.5 Å². The Bertz CT molecular complexity index is 549. The Kier molecular flexibility index (Phi) is 5.94. The van der Waals surface area contributed by atoms with Crippen LogP contribution in [-0.2, 0) is 14.3 Å². The molecule has 1 rings (SSSR count). The first kappa shape index (κ1) is 18.7. The monoisotopic (exact) mass is 334 g/mol. The maximum absolute atomic E-state index is 13.6. The van der Waals surface area contributed by atoms with Crippen LogP contribution in [0, 0.1) is 5.92 Å². The van der Waals surface area contributed by atoms with Gasteiger partial charge in [-0.25, -0.2) is 15.1 Å². The van der Waals surface area contributed by atoms with Gasteiger partial charge in [0, 0.05) is 12.5 Å². The van der Waals surface area contributed by atoms with Crippen LogP contribution in [-0.4, -0.2) is 30.8 Å². The average Bonchev–Trinajstić information content (AvgIpc) is 2.44. The normalized spacial score (nSPS) is 14.0. The van der Waals surface area contributed by atoms with Crippen LogP contribution in [0.1, 0.15) is 20.3 Å². The van der Waals surface area contributed by atoms with Crippen molar-refractivity contribution in [1.29, 1.82) is 0 Å². The predicted molar refractivity (Wildman–Crippen MR) is 75.0 cm³/mol. The molecule has 0 aliphatic carbocycles. The second-order valence-corrected chi connectivity index (χ2v) is 5.29. The van der Waals surface area contributed by atoms with E-state index in [1.54, 1.807) is 25.2 Å². The van der Waals surface area contributed by atoms with Crippen molar-refractivity contribution in [1.82, 2.24) is 5.32 Å². The van der Waals surface area contributed by atoms with E-state index in [1.807, 2.05) is 5.32 Å². The molecule has 23 heavy (non-hydrogen) atoms. The molecule has 0 unspecified atom stereocenters. The Morgan fingerprint density at radius 1 is 1.30 bits per heavy atom. The zero-order valence-corrected chi connectivity index (χ0v) is 13.0. The molecule has 3 N–H and O–H groups in total. The molecule has 1 heterocycles. The topological polar surface area (TPSA) is 81.6 Å². The molecule has 0 aromatic carbocycles. The van der Waals surface area contributed by atoms with Gasteiger partial charge in [0.05, 0.1) is 13.3 Å². The van der Waals surface area contributed by atoms with Crippen LogP contribution in [0.3, 0.4) is 0 Å². The number of amides is 1. The Morgan fingerprint density at radius 2 is 1.96 bits per heavy atom. The number of halogens is 3. The number of methoxy groups -OCH3 is 1. The number of aromatic nitrogens is 1. The summed E-state index contributed by atoms with van der Waals surface area (Å²) in [6.07, 6.45) is -3.93. The molecule has 0 aliphatic rings. The first-order valence-electron chi connectivity index (χ1n) is 6.83. The number of nitrogens with one attached hydrogen (secondary N) is 3. The number of carbonyl (C=O) groups excluding carboxylic acids is 2. The van der Waals surface area contributed by atoms with Gasteiger partial charge < -0.3 is 4.74 Å². The SMILES string of the molecule is COC(=O)[C@@](NC(=O)CC(C)C)(Nc1cccc[nH+]1)C(F)(F)F. The van der Waals surface area contributed by atoms with Crippen molar-refractivity contribution in [3.63, 3.8) is 0 Å². The largest absolute Gasteiger partial charge is 0.464 e. The lowest BCUT2D eigenvalue weighted by molar-refractivity contribution is -0.363. The number of rotatable bonds is 6. The van der Waals surface area contributed by atoms with Crippen LogP contribution in [0.5, 0.6) is 0 Å². The summed E-state index contributed by atoms with van der Waals surface area (Å²) >= 11 is 0. The first-order valence-corrected chi connectivity index (χ1v) is 6.83. The van der Waals surface area contributed by atoms with E-state index in [1.165, 1.54) is 18.3 Å². The summed E-state index contributed by atoms with van der Waals surface area (Å²) in [5.74, 6) is -2.88. The molecule has 0 saturated heterocycles. The van der Waals surface area contributed by atoms with Gasteiger partial charge in [0.1, 0.15) is 0 Å². The average molecular weight is 334 g/mol. The zero-order chi connectivity index (χ0) is 17.7. The lowest BCUT2D eigenvalue weighted by atomic mass is 10.1. The number of esters is 1. The van der Waals surface area contributed by atoms with Gasteiger partial charge >= 0.3 is 17.8 Å². The van der Waals surface area contributed by atoms with E-state index in [4.69, 9.17) is 0 Å². The van der Waals surface area contributed by atoms with Gasteiger partial charge in [0.2, 0.25) is 5.91 Å². The van der Waals surface area contributed by atoms with Crippen LogP contribution in [0.15, 0.2) is 24.4 Å². The van der Waals surface area contributed by atoms with Crippen LogP contribution in [0.25, 0.3) is 0 Å². The van der Waals surface area contributed by atoms with Crippen LogP contribution in [0.4, 0.5) is 19.0 Å². The van der Waals surface area contributed by atoms with Gasteiger partial charge in [-0.05, 0) is 12.0 Å². The van der Waals surface area contributed by atoms with Crippen molar-refractivity contribution in [2.24, 2.45) is 5.92 Å². The number of pyridine rings is 1. The molecule has 1 amide bonds. The van der Waals surface area contributed by atoms with Gasteiger partial charge in [-0.3, -0.25) is 10.1 Å². The molecule has 0 spiro atoms. The fraction of sp³-hybridized carbons (Fsp3) is 0.500. The number of ether oxygens (including phenoxy) is 1. The smallest absolute Gasteiger partial charge is 0.464 e. The van der Waals surface area contributed by atoms with Gasteiger partial charge in [-0.15, -0.1) is 0 Å². The van der Waals surface area contributed by atoms with Crippen LogP contribution >= 0.6 is 0 Å². The van der Waals surface area contributed by atoms with Crippen molar-refractivity contribution in [2.45, 2.75) is 32.1 Å². The predicted octanol–water partition coefficient (Wildman–Crippen LogP) is 1.51. The van der Waals surface area contributed by atoms with Crippen molar-refractivity contribution in [2.75, 3.05) is 12.4 Å². The first-order chi connectivity index (χ1) is 10.6. The highest BCUT2D eigenvalue weighted by Gasteiger charge is 2.67. The molecule has 1 aromatic rings. The number of H-pyrrole nitrogens is 1. The highest BCUT2D eigenvalue weighted by atomic mass is 19.4. The third-order valence-electron chi connectivity index (χ3n) is 2.87. The second-order valence-electron chi connectivity index (χ2n) is 5.29. The fourth-order valence-electron chi connectivity index (χ4n) is 1.85. The summed E-state index contributed by atoms with van der Waals surface area (Å²) in [5, 5.41) is 3.73. The summed E-state index contributed by atoms with van der Waals surface area (Å²) in [4.78, 5) is 26.2. The molecule has 0 bridgehead atoms. The molecule has 0 fully saturated rings. The third-order valence-corrected chi connectivity index (χ3v) is 2.87. The standard InChI is InChI=1S/C14H18F3N3O3/c1-9(2)8-11(21)20-13(12(22)23-3,14(15,16)17)19-10-6-4-5-7-18-10/h4-7,9H,8H2,1-3H3,(H,18,19)(H,20,21)/p+1/t13-/m0/s1. The van der Waals surface area contributed by atoms with E-state index in [0.29, 0.717) is 0 Å². The number of alkyl halides is 3. The molecular weight excluding hydrogens is 315 g/mol. The van der Waals surface area contributed by atoms with Gasteiger partial charge in [0.15, 0.2) is 0 Å². The number of hydrogen-bond donors (Lipinski definition) is 2. The van der Waals surface area contributed by atoms with E-state index in [9.17, 15) is 22.8 Å². The Hall–Kier alpha value is -2.32. The van der Waals surface area contributed by atoms with E-state index in [2.05, 4.69) is 9.72 Å². The summed E-state index contributed by atoms with van der Waals surface area (Å²) in [6, 6.07) is 4.31. The number of hydrogen-bond acceptors (Lipinski definition) is 4. The minimum atomic E-state index is -5.13. The second kappa shape index (κ2) is 7.30. The maximum atomic E-state index is 13.6. The van der Waals surface area contributed by atoms with E-state index >= 15 is 0 Å². The van der Waals surface area contributed by atoms with Gasteiger partial charge in [-0.1, -0.05) is 19.9 Å². The molecule has 9 heteroatoms. The highest BCUT2D eigenvalue weighted by Crippen LogP contribution is 2.32. The molecular formula is C14H19F3N3O3+. The summed E-state index contributed by atoms with van der Waals surface area (Å²) in [6.45, 7) is 3.34. The summed E-state index contributed by atoms with van der Waals surface area (Å²) in [7, 11) is 0.813. The molecule has 0 aliphatic heterocycles. The third kappa shape index (κ3) is 4.57. The molecule has 0 saturated carbocycles. The number of carbonyl (C=O) groups is 2. The summed E-state index contributed by atoms with van der Waals surface area (Å²) < 4.78 is 45.1. The zero-order valence-electron chi connectivity index (χ0n) is 13.0. The molecule has 6 nitrogen and oxygen atoms in total. The molecule has 0 radical (unpaired) electrons. The molecule has 1 aromatic heterocycles. The lowest BCUT2D eigenvalue weighted by Gasteiger charge is -2.30. The minimum Gasteiger partial charge on any atom is -0.464 e. The maximum Gasteiger partial charge on any atom is 0.464 e. The Balaban J connectivity index is 3.25. The Labute approximate surface area is 131 Å². The Morgan fingerprint density at radius 3 is 2.39 bits per heavy atom. The van der Waals surface area contributed by atoms with E-state index in [-0.39, 0.29) is 18.2 Å². The van der Waals surface area contributed by atoms with Crippen LogP contribution in [0.2, 0.25) is 0 Å². The highest BCUT2D eigenvalue weighted by molar-refractivity contribution is 5.91.